The summed E-state index contributed by atoms with van der Waals surface area (Å²) in [5.74, 6) is 0.767. The molecular weight excluding hydrogens is 246 g/mol. The highest BCUT2D eigenvalue weighted by Crippen LogP contribution is 2.24. The lowest BCUT2D eigenvalue weighted by Crippen LogP contribution is -2.12. The van der Waals surface area contributed by atoms with Crippen LogP contribution in [0.3, 0.4) is 0 Å². The zero-order chi connectivity index (χ0) is 14.0. The Kier molecular flexibility index (Phi) is 3.46. The predicted octanol–water partition coefficient (Wildman–Crippen LogP) is 2.20. The van der Waals surface area contributed by atoms with E-state index < -0.39 is 0 Å². The minimum atomic E-state index is -0.381. The number of rotatable bonds is 4. The minimum absolute atomic E-state index is 0.0881. The number of anilines is 1. The van der Waals surface area contributed by atoms with E-state index in [1.54, 1.807) is 23.9 Å². The van der Waals surface area contributed by atoms with E-state index in [0.717, 1.165) is 5.82 Å². The zero-order valence-electron chi connectivity index (χ0n) is 11.0. The van der Waals surface area contributed by atoms with Gasteiger partial charge in [0.25, 0.3) is 5.69 Å². The summed E-state index contributed by atoms with van der Waals surface area (Å²) in [5, 5.41) is 21.9. The number of nitro benzene ring substituents is 1. The van der Waals surface area contributed by atoms with Crippen molar-refractivity contribution in [3.8, 4) is 0 Å². The molecule has 7 heteroatoms. The summed E-state index contributed by atoms with van der Waals surface area (Å²) in [6.45, 7) is 3.64. The van der Waals surface area contributed by atoms with Crippen LogP contribution in [0.4, 0.5) is 11.4 Å². The summed E-state index contributed by atoms with van der Waals surface area (Å²) >= 11 is 0. The maximum absolute atomic E-state index is 10.9. The van der Waals surface area contributed by atoms with Gasteiger partial charge >= 0.3 is 0 Å². The smallest absolute Gasteiger partial charge is 0.274 e. The average molecular weight is 261 g/mol. The second kappa shape index (κ2) is 5.05. The molecule has 1 unspecified atom stereocenters. The number of hydrogen-bond donors (Lipinski definition) is 1. The van der Waals surface area contributed by atoms with E-state index in [9.17, 15) is 10.1 Å². The van der Waals surface area contributed by atoms with Crippen LogP contribution in [-0.4, -0.2) is 19.7 Å². The molecule has 1 aromatic heterocycles. The molecule has 2 rings (SSSR count). The van der Waals surface area contributed by atoms with E-state index in [2.05, 4.69) is 15.5 Å². The number of nitro groups is 1. The standard InChI is InChI=1S/C12H15N5O2/c1-8-4-5-10(6-11(8)17(18)19)14-9(2)12-15-13-7-16(12)3/h4-7,9,14H,1-3H3. The Morgan fingerprint density at radius 3 is 2.79 bits per heavy atom. The molecule has 0 radical (unpaired) electrons. The maximum atomic E-state index is 10.9. The van der Waals surface area contributed by atoms with Crippen molar-refractivity contribution in [3.05, 3.63) is 46.0 Å². The highest BCUT2D eigenvalue weighted by Gasteiger charge is 2.14. The largest absolute Gasteiger partial charge is 0.375 e. The van der Waals surface area contributed by atoms with Gasteiger partial charge in [-0.05, 0) is 19.9 Å². The Balaban J connectivity index is 2.22. The molecule has 0 aliphatic carbocycles. The normalized spacial score (nSPS) is 12.2. The molecule has 100 valence electrons. The molecule has 0 fully saturated rings. The van der Waals surface area contributed by atoms with Gasteiger partial charge in [0, 0.05) is 24.4 Å². The first kappa shape index (κ1) is 13.0. The maximum Gasteiger partial charge on any atom is 0.274 e. The Hall–Kier alpha value is -2.44. The molecule has 7 nitrogen and oxygen atoms in total. The molecule has 0 saturated carbocycles. The average Bonchev–Trinajstić information content (AvgIpc) is 2.77. The van der Waals surface area contributed by atoms with Gasteiger partial charge in [-0.25, -0.2) is 0 Å². The number of aromatic nitrogens is 3. The van der Waals surface area contributed by atoms with Crippen molar-refractivity contribution in [2.45, 2.75) is 19.9 Å². The van der Waals surface area contributed by atoms with Gasteiger partial charge in [-0.1, -0.05) is 6.07 Å². The van der Waals surface area contributed by atoms with Crippen LogP contribution in [0.25, 0.3) is 0 Å². The molecular formula is C12H15N5O2. The van der Waals surface area contributed by atoms with Gasteiger partial charge in [0.1, 0.15) is 6.33 Å². The molecule has 0 aliphatic rings. The van der Waals surface area contributed by atoms with Crippen molar-refractivity contribution in [2.75, 3.05) is 5.32 Å². The first-order valence-corrected chi connectivity index (χ1v) is 5.84. The quantitative estimate of drug-likeness (QED) is 0.673. The van der Waals surface area contributed by atoms with Crippen molar-refractivity contribution in [3.63, 3.8) is 0 Å². The monoisotopic (exact) mass is 261 g/mol. The highest BCUT2D eigenvalue weighted by molar-refractivity contribution is 5.55. The van der Waals surface area contributed by atoms with Gasteiger partial charge in [0.05, 0.1) is 11.0 Å². The lowest BCUT2D eigenvalue weighted by atomic mass is 10.1. The van der Waals surface area contributed by atoms with E-state index in [1.165, 1.54) is 6.07 Å². The summed E-state index contributed by atoms with van der Waals surface area (Å²) < 4.78 is 1.81. The second-order valence-electron chi connectivity index (χ2n) is 4.42. The molecule has 1 aromatic carbocycles. The number of nitrogens with one attached hydrogen (secondary N) is 1. The van der Waals surface area contributed by atoms with Crippen molar-refractivity contribution < 1.29 is 4.92 Å². The molecule has 0 bridgehead atoms. The second-order valence-corrected chi connectivity index (χ2v) is 4.42. The molecule has 1 atom stereocenters. The Morgan fingerprint density at radius 2 is 2.21 bits per heavy atom. The van der Waals surface area contributed by atoms with Gasteiger partial charge < -0.3 is 9.88 Å². The Bertz CT molecular complexity index is 608. The Labute approximate surface area is 110 Å². The number of hydrogen-bond acceptors (Lipinski definition) is 5. The van der Waals surface area contributed by atoms with Crippen LogP contribution >= 0.6 is 0 Å². The molecule has 1 heterocycles. The minimum Gasteiger partial charge on any atom is -0.375 e. The fraction of sp³-hybridized carbons (Fsp3) is 0.333. The van der Waals surface area contributed by atoms with Crippen LogP contribution in [0.2, 0.25) is 0 Å². The van der Waals surface area contributed by atoms with E-state index in [-0.39, 0.29) is 16.7 Å². The first-order chi connectivity index (χ1) is 8.99. The van der Waals surface area contributed by atoms with Crippen LogP contribution in [0, 0.1) is 17.0 Å². The topological polar surface area (TPSA) is 85.9 Å². The summed E-state index contributed by atoms with van der Waals surface area (Å²) in [6, 6.07) is 4.98. The number of benzene rings is 1. The molecule has 19 heavy (non-hydrogen) atoms. The third kappa shape index (κ3) is 2.70. The van der Waals surface area contributed by atoms with Gasteiger partial charge in [-0.15, -0.1) is 10.2 Å². The summed E-state index contributed by atoms with van der Waals surface area (Å²) in [5.41, 5.74) is 1.44. The van der Waals surface area contributed by atoms with Gasteiger partial charge in [-0.3, -0.25) is 10.1 Å². The highest BCUT2D eigenvalue weighted by atomic mass is 16.6. The van der Waals surface area contributed by atoms with Crippen molar-refractivity contribution >= 4 is 11.4 Å². The summed E-state index contributed by atoms with van der Waals surface area (Å²) in [6.07, 6.45) is 1.62. The SMILES string of the molecule is Cc1ccc(NC(C)c2nncn2C)cc1[N+](=O)[O-]. The van der Waals surface area contributed by atoms with Gasteiger partial charge in [0.2, 0.25) is 0 Å². The van der Waals surface area contributed by atoms with Crippen LogP contribution in [0.15, 0.2) is 24.5 Å². The molecule has 0 saturated heterocycles. The number of aryl methyl sites for hydroxylation is 2. The van der Waals surface area contributed by atoms with Crippen molar-refractivity contribution in [1.82, 2.24) is 14.8 Å². The van der Waals surface area contributed by atoms with E-state index in [1.807, 2.05) is 20.0 Å². The van der Waals surface area contributed by atoms with Crippen molar-refractivity contribution in [1.29, 1.82) is 0 Å². The summed E-state index contributed by atoms with van der Waals surface area (Å²) in [7, 11) is 1.85. The van der Waals surface area contributed by atoms with E-state index in [4.69, 9.17) is 0 Å². The number of nitrogens with zero attached hydrogens (tertiary/aromatic N) is 4. The molecule has 1 N–H and O–H groups in total. The predicted molar refractivity (Wildman–Crippen MR) is 70.9 cm³/mol. The lowest BCUT2D eigenvalue weighted by Gasteiger charge is -2.14. The van der Waals surface area contributed by atoms with Crippen molar-refractivity contribution in [2.24, 2.45) is 7.05 Å². The lowest BCUT2D eigenvalue weighted by molar-refractivity contribution is -0.385. The van der Waals surface area contributed by atoms with Crippen LogP contribution in [0.1, 0.15) is 24.4 Å². The fourth-order valence-electron chi connectivity index (χ4n) is 1.89. The van der Waals surface area contributed by atoms with Crippen LogP contribution < -0.4 is 5.32 Å². The molecule has 0 amide bonds. The zero-order valence-corrected chi connectivity index (χ0v) is 11.0. The van der Waals surface area contributed by atoms with E-state index in [0.29, 0.717) is 11.3 Å². The third-order valence-electron chi connectivity index (χ3n) is 2.92. The molecule has 0 spiro atoms. The molecule has 0 aliphatic heterocycles. The first-order valence-electron chi connectivity index (χ1n) is 5.84. The third-order valence-corrected chi connectivity index (χ3v) is 2.92. The van der Waals surface area contributed by atoms with Gasteiger partial charge in [-0.2, -0.15) is 0 Å². The fourth-order valence-corrected chi connectivity index (χ4v) is 1.89. The molecule has 2 aromatic rings. The van der Waals surface area contributed by atoms with Crippen LogP contribution in [-0.2, 0) is 7.05 Å². The Morgan fingerprint density at radius 1 is 1.47 bits per heavy atom. The summed E-state index contributed by atoms with van der Waals surface area (Å²) in [4.78, 5) is 10.5. The van der Waals surface area contributed by atoms with E-state index >= 15 is 0 Å². The van der Waals surface area contributed by atoms with Gasteiger partial charge in [0.15, 0.2) is 5.82 Å². The van der Waals surface area contributed by atoms with Crippen LogP contribution in [0.5, 0.6) is 0 Å².